The normalized spacial score (nSPS) is 13.7. The fourth-order valence-corrected chi connectivity index (χ4v) is 2.78. The number of methoxy groups -OCH3 is 1. The monoisotopic (exact) mass is 400 g/mol. The Morgan fingerprint density at radius 3 is 2.34 bits per heavy atom. The zero-order valence-corrected chi connectivity index (χ0v) is 16.4. The van der Waals surface area contributed by atoms with Gasteiger partial charge in [0.1, 0.15) is 0 Å². The molecule has 2 amide bonds. The van der Waals surface area contributed by atoms with Crippen molar-refractivity contribution in [1.29, 1.82) is 0 Å². The predicted octanol–water partition coefficient (Wildman–Crippen LogP) is 2.60. The molecule has 2 N–H and O–H groups in total. The van der Waals surface area contributed by atoms with Gasteiger partial charge < -0.3 is 18.9 Å². The minimum absolute atomic E-state index is 0.326. The number of hydrogen-bond acceptors (Lipinski definition) is 6. The van der Waals surface area contributed by atoms with Crippen molar-refractivity contribution in [1.82, 2.24) is 10.9 Å². The van der Waals surface area contributed by atoms with Crippen molar-refractivity contribution in [3.8, 4) is 11.5 Å². The lowest BCUT2D eigenvalue weighted by atomic mass is 10.1. The Bertz CT molecular complexity index is 864. The van der Waals surface area contributed by atoms with Gasteiger partial charge in [-0.25, -0.2) is 0 Å². The van der Waals surface area contributed by atoms with Gasteiger partial charge in [0.2, 0.25) is 0 Å². The summed E-state index contributed by atoms with van der Waals surface area (Å²) >= 11 is 0. The van der Waals surface area contributed by atoms with E-state index in [0.29, 0.717) is 42.4 Å². The van der Waals surface area contributed by atoms with Crippen LogP contribution in [-0.4, -0.2) is 38.7 Å². The van der Waals surface area contributed by atoms with E-state index in [2.05, 4.69) is 10.9 Å². The van der Waals surface area contributed by atoms with Gasteiger partial charge in [0, 0.05) is 16.7 Å². The summed E-state index contributed by atoms with van der Waals surface area (Å²) in [4.78, 5) is 24.8. The maximum Gasteiger partial charge on any atom is 0.269 e. The van der Waals surface area contributed by atoms with Gasteiger partial charge in [0.15, 0.2) is 17.8 Å². The topological polar surface area (TPSA) is 95.1 Å². The molecule has 8 heteroatoms. The van der Waals surface area contributed by atoms with Crippen LogP contribution in [-0.2, 0) is 9.47 Å². The molecule has 0 aromatic heterocycles. The first-order valence-electron chi connectivity index (χ1n) is 9.37. The number of carbonyl (C=O) groups excluding carboxylic acids is 2. The minimum Gasteiger partial charge on any atom is -0.493 e. The first kappa shape index (κ1) is 20.6. The molecule has 0 atom stereocenters. The van der Waals surface area contributed by atoms with E-state index >= 15 is 0 Å². The molecule has 0 radical (unpaired) electrons. The lowest BCUT2D eigenvalue weighted by Crippen LogP contribution is -2.41. The van der Waals surface area contributed by atoms with Crippen LogP contribution in [0.4, 0.5) is 0 Å². The Hall–Kier alpha value is -3.10. The molecule has 0 aliphatic carbocycles. The molecule has 1 aliphatic heterocycles. The van der Waals surface area contributed by atoms with Crippen molar-refractivity contribution in [2.24, 2.45) is 0 Å². The Morgan fingerprint density at radius 1 is 1.00 bits per heavy atom. The van der Waals surface area contributed by atoms with Crippen molar-refractivity contribution in [2.45, 2.75) is 19.6 Å². The van der Waals surface area contributed by atoms with E-state index in [4.69, 9.17) is 18.9 Å². The first-order chi connectivity index (χ1) is 14.1. The summed E-state index contributed by atoms with van der Waals surface area (Å²) in [5, 5.41) is 0. The molecule has 0 saturated carbocycles. The van der Waals surface area contributed by atoms with E-state index in [1.165, 1.54) is 7.11 Å². The molecule has 1 heterocycles. The molecule has 2 aromatic rings. The number of benzene rings is 2. The summed E-state index contributed by atoms with van der Waals surface area (Å²) in [6.07, 6.45) is 0.385. The molecular weight excluding hydrogens is 376 g/mol. The highest BCUT2D eigenvalue weighted by Crippen LogP contribution is 2.28. The summed E-state index contributed by atoms with van der Waals surface area (Å²) in [7, 11) is 1.50. The first-order valence-corrected chi connectivity index (χ1v) is 9.37. The van der Waals surface area contributed by atoms with E-state index in [9.17, 15) is 9.59 Å². The van der Waals surface area contributed by atoms with Gasteiger partial charge in [0.05, 0.1) is 26.9 Å². The fraction of sp³-hybridized carbons (Fsp3) is 0.333. The number of carbonyl (C=O) groups is 2. The molecule has 1 saturated heterocycles. The number of ether oxygens (including phenoxy) is 4. The van der Waals surface area contributed by atoms with Crippen molar-refractivity contribution in [2.75, 3.05) is 26.9 Å². The Balaban J connectivity index is 1.61. The smallest absolute Gasteiger partial charge is 0.269 e. The van der Waals surface area contributed by atoms with Crippen LogP contribution in [0.3, 0.4) is 0 Å². The fourth-order valence-electron chi connectivity index (χ4n) is 2.78. The average molecular weight is 400 g/mol. The highest BCUT2D eigenvalue weighted by Gasteiger charge is 2.19. The molecule has 29 heavy (non-hydrogen) atoms. The lowest BCUT2D eigenvalue weighted by molar-refractivity contribution is -0.0441. The summed E-state index contributed by atoms with van der Waals surface area (Å²) in [6, 6.07) is 11.7. The van der Waals surface area contributed by atoms with Crippen molar-refractivity contribution >= 4 is 11.8 Å². The van der Waals surface area contributed by atoms with Crippen LogP contribution >= 0.6 is 0 Å². The largest absolute Gasteiger partial charge is 0.493 e. The Morgan fingerprint density at radius 2 is 1.69 bits per heavy atom. The minimum atomic E-state index is -0.475. The van der Waals surface area contributed by atoms with Crippen molar-refractivity contribution in [3.05, 3.63) is 59.2 Å². The quantitative estimate of drug-likeness (QED) is 0.694. The molecule has 0 bridgehead atoms. The Kier molecular flexibility index (Phi) is 7.04. The number of hydrazine groups is 1. The van der Waals surface area contributed by atoms with Crippen LogP contribution in [0.1, 0.15) is 45.9 Å². The van der Waals surface area contributed by atoms with E-state index in [-0.39, 0.29) is 0 Å². The highest BCUT2D eigenvalue weighted by atomic mass is 16.7. The van der Waals surface area contributed by atoms with Crippen LogP contribution in [0.2, 0.25) is 0 Å². The van der Waals surface area contributed by atoms with Crippen LogP contribution in [0.5, 0.6) is 11.5 Å². The van der Waals surface area contributed by atoms with Gasteiger partial charge in [0.25, 0.3) is 11.8 Å². The second-order valence-electron chi connectivity index (χ2n) is 6.32. The molecule has 154 valence electrons. The predicted molar refractivity (Wildman–Crippen MR) is 105 cm³/mol. The highest BCUT2D eigenvalue weighted by molar-refractivity contribution is 5.99. The molecule has 1 aliphatic rings. The van der Waals surface area contributed by atoms with Gasteiger partial charge in [-0.3, -0.25) is 20.4 Å². The van der Waals surface area contributed by atoms with Gasteiger partial charge in [-0.1, -0.05) is 19.1 Å². The molecule has 0 unspecified atom stereocenters. The van der Waals surface area contributed by atoms with Gasteiger partial charge in [-0.05, 0) is 36.8 Å². The molecular formula is C21H24N2O6. The Labute approximate surface area is 169 Å². The van der Waals surface area contributed by atoms with Gasteiger partial charge in [-0.2, -0.15) is 0 Å². The average Bonchev–Trinajstić information content (AvgIpc) is 3.30. The molecule has 3 rings (SSSR count). The number of rotatable bonds is 7. The second kappa shape index (κ2) is 9.90. The summed E-state index contributed by atoms with van der Waals surface area (Å²) in [6.45, 7) is 3.58. The van der Waals surface area contributed by atoms with Crippen LogP contribution < -0.4 is 20.3 Å². The molecule has 0 spiro atoms. The van der Waals surface area contributed by atoms with E-state index in [1.807, 2.05) is 13.0 Å². The third kappa shape index (κ3) is 5.24. The number of hydrogen-bond donors (Lipinski definition) is 2. The summed E-state index contributed by atoms with van der Waals surface area (Å²) in [5.74, 6) is 0.0789. The third-order valence-electron chi connectivity index (χ3n) is 4.22. The standard InChI is InChI=1S/C21H24N2O6/c1-3-9-27-17-8-7-15(13-18(17)26-2)20(25)23-22-19(24)14-5-4-6-16(12-14)21-28-10-11-29-21/h4-8,12-13,21H,3,9-11H2,1-2H3,(H,22,24)(H,23,25). The van der Waals surface area contributed by atoms with Gasteiger partial charge >= 0.3 is 0 Å². The SMILES string of the molecule is CCCOc1ccc(C(=O)NNC(=O)c2cccc(C3OCCO3)c2)cc1OC. The molecule has 1 fully saturated rings. The number of nitrogens with one attached hydrogen (secondary N) is 2. The maximum atomic E-state index is 12.4. The summed E-state index contributed by atoms with van der Waals surface area (Å²) < 4.78 is 21.7. The number of amides is 2. The maximum absolute atomic E-state index is 12.4. The van der Waals surface area contributed by atoms with E-state index < -0.39 is 18.1 Å². The van der Waals surface area contributed by atoms with E-state index in [0.717, 1.165) is 12.0 Å². The van der Waals surface area contributed by atoms with Crippen molar-refractivity contribution in [3.63, 3.8) is 0 Å². The molecule has 8 nitrogen and oxygen atoms in total. The third-order valence-corrected chi connectivity index (χ3v) is 4.22. The van der Waals surface area contributed by atoms with E-state index in [1.54, 1.807) is 36.4 Å². The van der Waals surface area contributed by atoms with Crippen LogP contribution in [0, 0.1) is 0 Å². The zero-order chi connectivity index (χ0) is 20.6. The van der Waals surface area contributed by atoms with Crippen LogP contribution in [0.15, 0.2) is 42.5 Å². The molecule has 2 aromatic carbocycles. The summed E-state index contributed by atoms with van der Waals surface area (Å²) in [5.41, 5.74) is 6.26. The van der Waals surface area contributed by atoms with Crippen LogP contribution in [0.25, 0.3) is 0 Å². The second-order valence-corrected chi connectivity index (χ2v) is 6.32. The lowest BCUT2D eigenvalue weighted by Gasteiger charge is -2.13. The van der Waals surface area contributed by atoms with Gasteiger partial charge in [-0.15, -0.1) is 0 Å². The zero-order valence-electron chi connectivity index (χ0n) is 16.4. The van der Waals surface area contributed by atoms with Crippen molar-refractivity contribution < 1.29 is 28.5 Å².